The highest BCUT2D eigenvalue weighted by molar-refractivity contribution is 6.32. The van der Waals surface area contributed by atoms with Crippen molar-refractivity contribution in [1.82, 2.24) is 0 Å². The van der Waals surface area contributed by atoms with Crippen molar-refractivity contribution in [2.24, 2.45) is 0 Å². The summed E-state index contributed by atoms with van der Waals surface area (Å²) < 4.78 is 0. The maximum atomic E-state index is 12.3. The van der Waals surface area contributed by atoms with Crippen molar-refractivity contribution in [3.8, 4) is 0 Å². The molecule has 0 radical (unpaired) electrons. The van der Waals surface area contributed by atoms with Crippen LogP contribution in [-0.2, 0) is 0 Å². The molecule has 2 aromatic rings. The molecule has 3 heteroatoms. The van der Waals surface area contributed by atoms with Gasteiger partial charge in [0.25, 0.3) is 0 Å². The molecule has 0 amide bonds. The molecule has 0 aliphatic carbocycles. The smallest absolute Gasteiger partial charge is 0.195 e. The van der Waals surface area contributed by atoms with Gasteiger partial charge in [-0.1, -0.05) is 35.4 Å². The number of aryl methyl sites for hydroxylation is 2. The molecule has 0 bridgehead atoms. The number of carbonyl (C=O) groups excluding carboxylic acids is 1. The zero-order valence-electron chi connectivity index (χ0n) is 10.3. The molecule has 0 fully saturated rings. The Labute approximate surface area is 111 Å². The SMILES string of the molecule is Cc1ccc(N)c(C(=O)c2ccc(C)c(Cl)c2)c1. The van der Waals surface area contributed by atoms with Crippen LogP contribution in [-0.4, -0.2) is 5.78 Å². The fourth-order valence-electron chi connectivity index (χ4n) is 1.76. The number of ketones is 1. The summed E-state index contributed by atoms with van der Waals surface area (Å²) in [6, 6.07) is 10.7. The van der Waals surface area contributed by atoms with Crippen LogP contribution in [0.3, 0.4) is 0 Å². The van der Waals surface area contributed by atoms with Crippen LogP contribution in [0.4, 0.5) is 5.69 Å². The number of anilines is 1. The third-order valence-corrected chi connectivity index (χ3v) is 3.29. The highest BCUT2D eigenvalue weighted by Gasteiger charge is 2.13. The molecule has 0 aliphatic heterocycles. The topological polar surface area (TPSA) is 43.1 Å². The third kappa shape index (κ3) is 2.39. The second kappa shape index (κ2) is 4.83. The average molecular weight is 260 g/mol. The first-order valence-electron chi connectivity index (χ1n) is 5.66. The first kappa shape index (κ1) is 12.7. The first-order valence-corrected chi connectivity index (χ1v) is 6.04. The number of nitrogens with two attached hydrogens (primary N) is 1. The lowest BCUT2D eigenvalue weighted by Crippen LogP contribution is -2.06. The van der Waals surface area contributed by atoms with Crippen LogP contribution in [0, 0.1) is 13.8 Å². The monoisotopic (exact) mass is 259 g/mol. The van der Waals surface area contributed by atoms with E-state index in [9.17, 15) is 4.79 Å². The molecule has 2 N–H and O–H groups in total. The van der Waals surface area contributed by atoms with Gasteiger partial charge in [-0.3, -0.25) is 4.79 Å². The van der Waals surface area contributed by atoms with Gasteiger partial charge < -0.3 is 5.73 Å². The zero-order valence-corrected chi connectivity index (χ0v) is 11.1. The van der Waals surface area contributed by atoms with Crippen LogP contribution >= 0.6 is 11.6 Å². The van der Waals surface area contributed by atoms with Gasteiger partial charge in [-0.15, -0.1) is 0 Å². The number of hydrogen-bond acceptors (Lipinski definition) is 2. The van der Waals surface area contributed by atoms with E-state index < -0.39 is 0 Å². The number of halogens is 1. The lowest BCUT2D eigenvalue weighted by Gasteiger charge is -2.07. The van der Waals surface area contributed by atoms with Gasteiger partial charge >= 0.3 is 0 Å². The molecule has 2 nitrogen and oxygen atoms in total. The molecule has 2 rings (SSSR count). The normalized spacial score (nSPS) is 10.4. The molecule has 0 aliphatic rings. The lowest BCUT2D eigenvalue weighted by atomic mass is 9.99. The summed E-state index contributed by atoms with van der Waals surface area (Å²) >= 11 is 6.03. The van der Waals surface area contributed by atoms with E-state index in [-0.39, 0.29) is 5.78 Å². The predicted molar refractivity (Wildman–Crippen MR) is 75.2 cm³/mol. The van der Waals surface area contributed by atoms with Crippen molar-refractivity contribution in [3.05, 3.63) is 63.7 Å². The van der Waals surface area contributed by atoms with Crippen LogP contribution < -0.4 is 5.73 Å². The highest BCUT2D eigenvalue weighted by atomic mass is 35.5. The number of nitrogen functional groups attached to an aromatic ring is 1. The van der Waals surface area contributed by atoms with Gasteiger partial charge in [0.05, 0.1) is 0 Å². The Balaban J connectivity index is 2.47. The summed E-state index contributed by atoms with van der Waals surface area (Å²) in [4.78, 5) is 12.3. The molecule has 92 valence electrons. The van der Waals surface area contributed by atoms with Gasteiger partial charge in [-0.05, 0) is 37.6 Å². The third-order valence-electron chi connectivity index (χ3n) is 2.89. The van der Waals surface area contributed by atoms with E-state index in [2.05, 4.69) is 0 Å². The van der Waals surface area contributed by atoms with Gasteiger partial charge in [0.15, 0.2) is 5.78 Å². The summed E-state index contributed by atoms with van der Waals surface area (Å²) in [6.45, 7) is 3.83. The second-order valence-corrected chi connectivity index (χ2v) is 4.79. The van der Waals surface area contributed by atoms with Crippen LogP contribution in [0.25, 0.3) is 0 Å². The Hall–Kier alpha value is -1.80. The molecule has 0 saturated carbocycles. The molecule has 18 heavy (non-hydrogen) atoms. The molecule has 0 heterocycles. The average Bonchev–Trinajstić information content (AvgIpc) is 2.35. The summed E-state index contributed by atoms with van der Waals surface area (Å²) in [5, 5.41) is 0.590. The standard InChI is InChI=1S/C15H14ClNO/c1-9-3-6-14(17)12(7-9)15(18)11-5-4-10(2)13(16)8-11/h3-8H,17H2,1-2H3. The minimum atomic E-state index is -0.0990. The van der Waals surface area contributed by atoms with Crippen LogP contribution in [0.2, 0.25) is 5.02 Å². The van der Waals surface area contributed by atoms with E-state index >= 15 is 0 Å². The second-order valence-electron chi connectivity index (χ2n) is 4.38. The molecular weight excluding hydrogens is 246 g/mol. The molecular formula is C15H14ClNO. The molecule has 2 aromatic carbocycles. The van der Waals surface area contributed by atoms with E-state index in [1.54, 1.807) is 24.3 Å². The number of benzene rings is 2. The molecule has 0 spiro atoms. The van der Waals surface area contributed by atoms with Crippen LogP contribution in [0.5, 0.6) is 0 Å². The largest absolute Gasteiger partial charge is 0.398 e. The van der Waals surface area contributed by atoms with Crippen molar-refractivity contribution in [1.29, 1.82) is 0 Å². The molecule has 0 aromatic heterocycles. The number of carbonyl (C=O) groups is 1. The summed E-state index contributed by atoms with van der Waals surface area (Å²) in [5.74, 6) is -0.0990. The van der Waals surface area contributed by atoms with Gasteiger partial charge in [0, 0.05) is 21.8 Å². The van der Waals surface area contributed by atoms with Gasteiger partial charge in [0.2, 0.25) is 0 Å². The van der Waals surface area contributed by atoms with E-state index in [1.165, 1.54) is 0 Å². The molecule has 0 atom stereocenters. The summed E-state index contributed by atoms with van der Waals surface area (Å²) in [6.07, 6.45) is 0. The highest BCUT2D eigenvalue weighted by Crippen LogP contribution is 2.22. The van der Waals surface area contributed by atoms with Crippen molar-refractivity contribution in [3.63, 3.8) is 0 Å². The maximum Gasteiger partial charge on any atom is 0.195 e. The van der Waals surface area contributed by atoms with Crippen molar-refractivity contribution >= 4 is 23.1 Å². The van der Waals surface area contributed by atoms with E-state index in [0.29, 0.717) is 21.8 Å². The fraction of sp³-hybridized carbons (Fsp3) is 0.133. The Morgan fingerprint density at radius 1 is 1.11 bits per heavy atom. The Kier molecular flexibility index (Phi) is 3.39. The Bertz CT molecular complexity index is 620. The zero-order chi connectivity index (χ0) is 13.3. The van der Waals surface area contributed by atoms with Gasteiger partial charge in [-0.25, -0.2) is 0 Å². The van der Waals surface area contributed by atoms with Crippen LogP contribution in [0.1, 0.15) is 27.0 Å². The molecule has 0 unspecified atom stereocenters. The quantitative estimate of drug-likeness (QED) is 0.659. The Morgan fingerprint density at radius 2 is 1.83 bits per heavy atom. The van der Waals surface area contributed by atoms with Crippen LogP contribution in [0.15, 0.2) is 36.4 Å². The number of hydrogen-bond donors (Lipinski definition) is 1. The summed E-state index contributed by atoms with van der Waals surface area (Å²) in [5.41, 5.74) is 9.37. The first-order chi connectivity index (χ1) is 8.49. The minimum absolute atomic E-state index is 0.0990. The van der Waals surface area contributed by atoms with E-state index in [4.69, 9.17) is 17.3 Å². The number of rotatable bonds is 2. The van der Waals surface area contributed by atoms with E-state index in [0.717, 1.165) is 11.1 Å². The van der Waals surface area contributed by atoms with Gasteiger partial charge in [-0.2, -0.15) is 0 Å². The van der Waals surface area contributed by atoms with Crippen molar-refractivity contribution in [2.45, 2.75) is 13.8 Å². The summed E-state index contributed by atoms with van der Waals surface area (Å²) in [7, 11) is 0. The van der Waals surface area contributed by atoms with Crippen molar-refractivity contribution < 1.29 is 4.79 Å². The predicted octanol–water partition coefficient (Wildman–Crippen LogP) is 3.77. The van der Waals surface area contributed by atoms with E-state index in [1.807, 2.05) is 26.0 Å². The van der Waals surface area contributed by atoms with Crippen molar-refractivity contribution in [2.75, 3.05) is 5.73 Å². The minimum Gasteiger partial charge on any atom is -0.398 e. The fourth-order valence-corrected chi connectivity index (χ4v) is 1.94. The Morgan fingerprint density at radius 3 is 2.50 bits per heavy atom. The molecule has 0 saturated heterocycles. The van der Waals surface area contributed by atoms with Gasteiger partial charge in [0.1, 0.15) is 0 Å². The maximum absolute atomic E-state index is 12.3. The lowest BCUT2D eigenvalue weighted by molar-refractivity contribution is 0.103.